The van der Waals surface area contributed by atoms with Gasteiger partial charge >= 0.3 is 0 Å². The Hall–Kier alpha value is -1.31. The van der Waals surface area contributed by atoms with Crippen molar-refractivity contribution in [3.05, 3.63) is 22.7 Å². The van der Waals surface area contributed by atoms with E-state index in [-0.39, 0.29) is 0 Å². The van der Waals surface area contributed by atoms with E-state index in [1.54, 1.807) is 26.2 Å². The summed E-state index contributed by atoms with van der Waals surface area (Å²) in [5, 5.41) is 0.389. The summed E-state index contributed by atoms with van der Waals surface area (Å²) in [7, 11) is 1.55. The molecule has 0 spiro atoms. The van der Waals surface area contributed by atoms with Crippen molar-refractivity contribution in [3.8, 4) is 5.75 Å². The molecule has 0 amide bonds. The van der Waals surface area contributed by atoms with Gasteiger partial charge in [0.15, 0.2) is 0 Å². The van der Waals surface area contributed by atoms with Gasteiger partial charge in [0.25, 0.3) is 0 Å². The molecule has 1 aromatic carbocycles. The Morgan fingerprint density at radius 3 is 2.69 bits per heavy atom. The van der Waals surface area contributed by atoms with Crippen molar-refractivity contribution in [1.82, 2.24) is 0 Å². The second-order valence-corrected chi connectivity index (χ2v) is 2.89. The average molecular weight is 198 g/mol. The highest BCUT2D eigenvalue weighted by Crippen LogP contribution is 2.32. The van der Waals surface area contributed by atoms with Crippen LogP contribution in [0, 0.1) is 6.92 Å². The quantitative estimate of drug-likeness (QED) is 0.540. The number of carbonyl (C=O) groups excluding carboxylic acids is 1. The fourth-order valence-electron chi connectivity index (χ4n) is 1.01. The Morgan fingerprint density at radius 1 is 1.54 bits per heavy atom. The molecule has 0 atom stereocenters. The van der Waals surface area contributed by atoms with Gasteiger partial charge in [0.05, 0.1) is 17.8 Å². The first kappa shape index (κ1) is 9.78. The molecule has 0 fully saturated rings. The van der Waals surface area contributed by atoms with Crippen molar-refractivity contribution in [2.45, 2.75) is 6.92 Å². The van der Waals surface area contributed by atoms with Gasteiger partial charge in [-0.2, -0.15) is 4.99 Å². The second kappa shape index (κ2) is 4.08. The van der Waals surface area contributed by atoms with Gasteiger partial charge in [-0.3, -0.25) is 0 Å². The van der Waals surface area contributed by atoms with Crippen molar-refractivity contribution in [1.29, 1.82) is 0 Å². The van der Waals surface area contributed by atoms with E-state index in [0.29, 0.717) is 16.5 Å². The van der Waals surface area contributed by atoms with Crippen molar-refractivity contribution in [3.63, 3.8) is 0 Å². The SMILES string of the molecule is COc1cc(C)c(N=C=O)c(Cl)c1. The highest BCUT2D eigenvalue weighted by Gasteiger charge is 2.05. The Balaban J connectivity index is 3.30. The minimum Gasteiger partial charge on any atom is -0.497 e. The molecule has 68 valence electrons. The van der Waals surface area contributed by atoms with Gasteiger partial charge < -0.3 is 4.74 Å². The van der Waals surface area contributed by atoms with Crippen molar-refractivity contribution in [2.75, 3.05) is 7.11 Å². The minimum atomic E-state index is 0.389. The maximum atomic E-state index is 10.1. The van der Waals surface area contributed by atoms with Crippen LogP contribution in [0.2, 0.25) is 5.02 Å². The molecule has 13 heavy (non-hydrogen) atoms. The van der Waals surface area contributed by atoms with Crippen LogP contribution in [0.5, 0.6) is 5.75 Å². The van der Waals surface area contributed by atoms with E-state index in [1.807, 2.05) is 0 Å². The summed E-state index contributed by atoms with van der Waals surface area (Å²) in [5.41, 5.74) is 1.23. The molecule has 4 heteroatoms. The van der Waals surface area contributed by atoms with E-state index >= 15 is 0 Å². The fourth-order valence-corrected chi connectivity index (χ4v) is 1.31. The van der Waals surface area contributed by atoms with Crippen LogP contribution >= 0.6 is 11.6 Å². The first-order valence-electron chi connectivity index (χ1n) is 3.61. The molecular weight excluding hydrogens is 190 g/mol. The number of rotatable bonds is 2. The highest BCUT2D eigenvalue weighted by molar-refractivity contribution is 6.33. The highest BCUT2D eigenvalue weighted by atomic mass is 35.5. The first-order chi connectivity index (χ1) is 6.19. The lowest BCUT2D eigenvalue weighted by Gasteiger charge is -2.04. The van der Waals surface area contributed by atoms with E-state index in [4.69, 9.17) is 16.3 Å². The van der Waals surface area contributed by atoms with E-state index < -0.39 is 0 Å². The molecule has 0 aliphatic heterocycles. The molecule has 0 aromatic heterocycles. The molecule has 1 rings (SSSR count). The molecule has 0 bridgehead atoms. The number of hydrogen-bond acceptors (Lipinski definition) is 3. The predicted molar refractivity (Wildman–Crippen MR) is 50.5 cm³/mol. The van der Waals surface area contributed by atoms with Crippen molar-refractivity contribution in [2.24, 2.45) is 4.99 Å². The molecule has 3 nitrogen and oxygen atoms in total. The minimum absolute atomic E-state index is 0.389. The van der Waals surface area contributed by atoms with Crippen molar-refractivity contribution >= 4 is 23.4 Å². The number of halogens is 1. The van der Waals surface area contributed by atoms with Crippen LogP contribution in [-0.4, -0.2) is 13.2 Å². The summed E-state index contributed by atoms with van der Waals surface area (Å²) in [5.74, 6) is 0.646. The Kier molecular flexibility index (Phi) is 3.07. The summed E-state index contributed by atoms with van der Waals surface area (Å²) in [4.78, 5) is 13.5. The van der Waals surface area contributed by atoms with Crippen LogP contribution in [0.25, 0.3) is 0 Å². The third-order valence-electron chi connectivity index (χ3n) is 1.62. The molecule has 0 saturated heterocycles. The molecule has 0 aliphatic rings. The van der Waals surface area contributed by atoms with Gasteiger partial charge in [0.1, 0.15) is 5.75 Å². The number of isocyanates is 1. The number of nitrogens with zero attached hydrogens (tertiary/aromatic N) is 1. The molecule has 1 aromatic rings. The van der Waals surface area contributed by atoms with Crippen LogP contribution in [0.3, 0.4) is 0 Å². The van der Waals surface area contributed by atoms with Crippen LogP contribution in [-0.2, 0) is 4.79 Å². The second-order valence-electron chi connectivity index (χ2n) is 2.48. The number of methoxy groups -OCH3 is 1. The van der Waals surface area contributed by atoms with Gasteiger partial charge in [-0.1, -0.05) is 11.6 Å². The normalized spacial score (nSPS) is 9.15. The third-order valence-corrected chi connectivity index (χ3v) is 1.91. The number of benzene rings is 1. The smallest absolute Gasteiger partial charge is 0.240 e. The molecule has 0 saturated carbocycles. The largest absolute Gasteiger partial charge is 0.497 e. The molecule has 0 radical (unpaired) electrons. The lowest BCUT2D eigenvalue weighted by atomic mass is 10.2. The topological polar surface area (TPSA) is 38.7 Å². The van der Waals surface area contributed by atoms with Crippen LogP contribution < -0.4 is 4.74 Å². The maximum absolute atomic E-state index is 10.1. The van der Waals surface area contributed by atoms with Crippen LogP contribution in [0.15, 0.2) is 17.1 Å². The molecule has 0 heterocycles. The van der Waals surface area contributed by atoms with E-state index in [0.717, 1.165) is 5.56 Å². The number of aryl methyl sites for hydroxylation is 1. The van der Waals surface area contributed by atoms with E-state index in [9.17, 15) is 4.79 Å². The van der Waals surface area contributed by atoms with Gasteiger partial charge in [-0.05, 0) is 18.6 Å². The third kappa shape index (κ3) is 2.08. The number of aliphatic imine (C=N–C) groups is 1. The Bertz CT molecular complexity index is 347. The summed E-state index contributed by atoms with van der Waals surface area (Å²) in [6, 6.07) is 3.35. The first-order valence-corrected chi connectivity index (χ1v) is 3.99. The molecule has 0 N–H and O–H groups in total. The van der Waals surface area contributed by atoms with Gasteiger partial charge in [0, 0.05) is 6.07 Å². The summed E-state index contributed by atoms with van der Waals surface area (Å²) in [6.07, 6.45) is 1.45. The zero-order chi connectivity index (χ0) is 9.84. The monoisotopic (exact) mass is 197 g/mol. The Morgan fingerprint density at radius 2 is 2.23 bits per heavy atom. The predicted octanol–water partition coefficient (Wildman–Crippen LogP) is 2.62. The summed E-state index contributed by atoms with van der Waals surface area (Å²) in [6.45, 7) is 1.80. The summed E-state index contributed by atoms with van der Waals surface area (Å²) < 4.78 is 4.98. The zero-order valence-corrected chi connectivity index (χ0v) is 8.05. The number of hydrogen-bond donors (Lipinski definition) is 0. The van der Waals surface area contributed by atoms with Gasteiger partial charge in [0.2, 0.25) is 6.08 Å². The fraction of sp³-hybridized carbons (Fsp3) is 0.222. The van der Waals surface area contributed by atoms with Gasteiger partial charge in [-0.25, -0.2) is 4.79 Å². The molecular formula is C9H8ClNO2. The van der Waals surface area contributed by atoms with Crippen molar-refractivity contribution < 1.29 is 9.53 Å². The average Bonchev–Trinajstić information content (AvgIpc) is 2.11. The lowest BCUT2D eigenvalue weighted by Crippen LogP contribution is -1.84. The van der Waals surface area contributed by atoms with Gasteiger partial charge in [-0.15, -0.1) is 0 Å². The molecule has 0 aliphatic carbocycles. The summed E-state index contributed by atoms with van der Waals surface area (Å²) >= 11 is 5.84. The van der Waals surface area contributed by atoms with E-state index in [2.05, 4.69) is 4.99 Å². The maximum Gasteiger partial charge on any atom is 0.240 e. The lowest BCUT2D eigenvalue weighted by molar-refractivity contribution is 0.414. The van der Waals surface area contributed by atoms with Crippen LogP contribution in [0.1, 0.15) is 5.56 Å². The van der Waals surface area contributed by atoms with E-state index in [1.165, 1.54) is 6.08 Å². The number of ether oxygens (including phenoxy) is 1. The standard InChI is InChI=1S/C9H8ClNO2/c1-6-3-7(13-2)4-8(10)9(6)11-5-12/h3-4H,1-2H3. The zero-order valence-electron chi connectivity index (χ0n) is 7.30. The Labute approximate surface area is 81.0 Å². The molecule has 0 unspecified atom stereocenters. The van der Waals surface area contributed by atoms with Crippen LogP contribution in [0.4, 0.5) is 5.69 Å².